The molecule has 0 aliphatic rings. The van der Waals surface area contributed by atoms with Crippen molar-refractivity contribution < 1.29 is 14.3 Å². The highest BCUT2D eigenvalue weighted by Gasteiger charge is 2.10. The van der Waals surface area contributed by atoms with E-state index in [9.17, 15) is 4.79 Å². The van der Waals surface area contributed by atoms with Gasteiger partial charge in [0, 0.05) is 5.57 Å². The summed E-state index contributed by atoms with van der Waals surface area (Å²) in [6.45, 7) is 13.3. The van der Waals surface area contributed by atoms with Crippen molar-refractivity contribution in [2.75, 3.05) is 6.61 Å². The van der Waals surface area contributed by atoms with Crippen LogP contribution in [0, 0.1) is 6.92 Å². The number of ether oxygens (including phenoxy) is 2. The summed E-state index contributed by atoms with van der Waals surface area (Å²) < 4.78 is 10.6. The van der Waals surface area contributed by atoms with E-state index in [-0.39, 0.29) is 12.1 Å². The lowest BCUT2D eigenvalue weighted by Gasteiger charge is -2.14. The van der Waals surface area contributed by atoms with Gasteiger partial charge >= 0.3 is 5.97 Å². The quantitative estimate of drug-likeness (QED) is 0.597. The molecule has 3 heteroatoms. The monoisotopic (exact) mass is 264 g/mol. The minimum absolute atomic E-state index is 0.291. The highest BCUT2D eigenvalue weighted by molar-refractivity contribution is 5.87. The van der Waals surface area contributed by atoms with Gasteiger partial charge in [-0.05, 0) is 32.9 Å². The number of hydrogen-bond acceptors (Lipinski definition) is 3. The lowest BCUT2D eigenvalue weighted by molar-refractivity contribution is -0.144. The second-order valence-corrected chi connectivity index (χ2v) is 4.12. The van der Waals surface area contributed by atoms with Crippen molar-refractivity contribution in [1.29, 1.82) is 0 Å². The maximum absolute atomic E-state index is 11.2. The molecule has 19 heavy (non-hydrogen) atoms. The summed E-state index contributed by atoms with van der Waals surface area (Å²) in [6.07, 6.45) is -0.291. The van der Waals surface area contributed by atoms with E-state index in [0.29, 0.717) is 12.2 Å². The van der Waals surface area contributed by atoms with Crippen LogP contribution in [0.25, 0.3) is 0 Å². The molecule has 1 rings (SSSR count). The number of carbonyl (C=O) groups excluding carboxylic acids is 1. The van der Waals surface area contributed by atoms with E-state index < -0.39 is 0 Å². The first-order valence-corrected chi connectivity index (χ1v) is 6.55. The Morgan fingerprint density at radius 2 is 1.79 bits per heavy atom. The van der Waals surface area contributed by atoms with Crippen LogP contribution in [0.4, 0.5) is 0 Å². The Balaban J connectivity index is 0.00000154. The van der Waals surface area contributed by atoms with Gasteiger partial charge in [-0.25, -0.2) is 4.79 Å². The van der Waals surface area contributed by atoms with Gasteiger partial charge in [0.05, 0.1) is 0 Å². The van der Waals surface area contributed by atoms with E-state index in [1.807, 2.05) is 45.0 Å². The first kappa shape index (κ1) is 17.2. The van der Waals surface area contributed by atoms with Gasteiger partial charge in [-0.3, -0.25) is 0 Å². The molecule has 0 radical (unpaired) electrons. The van der Waals surface area contributed by atoms with Crippen molar-refractivity contribution in [3.63, 3.8) is 0 Å². The molecule has 0 aromatic heterocycles. The number of benzene rings is 1. The van der Waals surface area contributed by atoms with Crippen LogP contribution in [0.15, 0.2) is 36.4 Å². The van der Waals surface area contributed by atoms with E-state index in [1.54, 1.807) is 13.8 Å². The van der Waals surface area contributed by atoms with Gasteiger partial charge in [-0.1, -0.05) is 38.1 Å². The molecule has 1 atom stereocenters. The fraction of sp³-hybridized carbons (Fsp3) is 0.438. The van der Waals surface area contributed by atoms with Crippen molar-refractivity contribution in [2.45, 2.75) is 40.7 Å². The average molecular weight is 264 g/mol. The molecule has 0 aliphatic carbocycles. The van der Waals surface area contributed by atoms with Gasteiger partial charge in [-0.2, -0.15) is 0 Å². The molecule has 3 nitrogen and oxygen atoms in total. The molecule has 0 heterocycles. The third-order valence-electron chi connectivity index (χ3n) is 2.16. The summed E-state index contributed by atoms with van der Waals surface area (Å²) in [5.74, 6) is 0.388. The Hall–Kier alpha value is -1.77. The molecule has 1 unspecified atom stereocenters. The predicted octanol–water partition coefficient (Wildman–Crippen LogP) is 3.91. The molecule has 0 amide bonds. The van der Waals surface area contributed by atoms with E-state index in [0.717, 1.165) is 5.75 Å². The molecular weight excluding hydrogens is 240 g/mol. The normalized spacial score (nSPS) is 10.8. The van der Waals surface area contributed by atoms with E-state index in [2.05, 4.69) is 6.58 Å². The highest BCUT2D eigenvalue weighted by atomic mass is 16.6. The largest absolute Gasteiger partial charge is 0.490 e. The first-order valence-electron chi connectivity index (χ1n) is 6.55. The van der Waals surface area contributed by atoms with Crippen LogP contribution in [0.1, 0.15) is 33.3 Å². The first-order chi connectivity index (χ1) is 8.99. The Morgan fingerprint density at radius 3 is 2.26 bits per heavy atom. The van der Waals surface area contributed by atoms with Gasteiger partial charge in [-0.15, -0.1) is 0 Å². The lowest BCUT2D eigenvalue weighted by atomic mass is 10.2. The minimum Gasteiger partial charge on any atom is -0.490 e. The topological polar surface area (TPSA) is 35.5 Å². The molecule has 1 aromatic rings. The molecular formula is C16H24O3. The van der Waals surface area contributed by atoms with Crippen LogP contribution < -0.4 is 4.74 Å². The zero-order valence-electron chi connectivity index (χ0n) is 12.5. The SMILES string of the molecule is C=C(C)C(=O)OC(C)COc1ccc(C)cc1.CC. The summed E-state index contributed by atoms with van der Waals surface area (Å²) in [5, 5.41) is 0. The number of rotatable bonds is 5. The molecule has 0 fully saturated rings. The van der Waals surface area contributed by atoms with E-state index in [4.69, 9.17) is 9.47 Å². The van der Waals surface area contributed by atoms with E-state index >= 15 is 0 Å². The Kier molecular flexibility index (Phi) is 8.34. The lowest BCUT2D eigenvalue weighted by Crippen LogP contribution is -2.22. The van der Waals surface area contributed by atoms with Gasteiger partial charge in [0.2, 0.25) is 0 Å². The fourth-order valence-electron chi connectivity index (χ4n) is 1.17. The Morgan fingerprint density at radius 1 is 1.26 bits per heavy atom. The Bertz CT molecular complexity index is 393. The summed E-state index contributed by atoms with van der Waals surface area (Å²) in [6, 6.07) is 7.73. The minimum atomic E-state index is -0.384. The standard InChI is InChI=1S/C14H18O3.C2H6/c1-10(2)14(15)17-12(4)9-16-13-7-5-11(3)6-8-13;1-2/h5-8,12H,1,9H2,2-4H3;1-2H3. The van der Waals surface area contributed by atoms with Crippen molar-refractivity contribution >= 4 is 5.97 Å². The zero-order chi connectivity index (χ0) is 14.8. The third kappa shape index (κ3) is 7.29. The zero-order valence-corrected chi connectivity index (χ0v) is 12.5. The molecule has 0 saturated heterocycles. The van der Waals surface area contributed by atoms with E-state index in [1.165, 1.54) is 5.56 Å². The van der Waals surface area contributed by atoms with Crippen LogP contribution >= 0.6 is 0 Å². The maximum Gasteiger partial charge on any atom is 0.333 e. The van der Waals surface area contributed by atoms with Gasteiger partial charge in [0.1, 0.15) is 18.5 Å². The average Bonchev–Trinajstić information content (AvgIpc) is 2.40. The van der Waals surface area contributed by atoms with Crippen molar-refractivity contribution in [1.82, 2.24) is 0 Å². The molecule has 106 valence electrons. The third-order valence-corrected chi connectivity index (χ3v) is 2.16. The van der Waals surface area contributed by atoms with Crippen LogP contribution in [-0.4, -0.2) is 18.7 Å². The number of carbonyl (C=O) groups is 1. The van der Waals surface area contributed by atoms with Crippen LogP contribution in [0.3, 0.4) is 0 Å². The highest BCUT2D eigenvalue weighted by Crippen LogP contribution is 2.12. The van der Waals surface area contributed by atoms with Crippen molar-refractivity contribution in [3.8, 4) is 5.75 Å². The fourth-order valence-corrected chi connectivity index (χ4v) is 1.17. The summed E-state index contributed by atoms with van der Waals surface area (Å²) in [7, 11) is 0. The summed E-state index contributed by atoms with van der Waals surface area (Å²) in [5.41, 5.74) is 1.58. The molecule has 0 bridgehead atoms. The molecule has 0 saturated carbocycles. The number of aryl methyl sites for hydroxylation is 1. The molecule has 0 N–H and O–H groups in total. The molecule has 0 spiro atoms. The van der Waals surface area contributed by atoms with Crippen LogP contribution in [0.5, 0.6) is 5.75 Å². The summed E-state index contributed by atoms with van der Waals surface area (Å²) in [4.78, 5) is 11.2. The molecule has 0 aliphatic heterocycles. The van der Waals surface area contributed by atoms with Crippen LogP contribution in [0.2, 0.25) is 0 Å². The van der Waals surface area contributed by atoms with Crippen LogP contribution in [-0.2, 0) is 9.53 Å². The number of esters is 1. The second kappa shape index (κ2) is 9.20. The maximum atomic E-state index is 11.2. The van der Waals surface area contributed by atoms with Gasteiger partial charge in [0.25, 0.3) is 0 Å². The second-order valence-electron chi connectivity index (χ2n) is 4.12. The van der Waals surface area contributed by atoms with Gasteiger partial charge in [0.15, 0.2) is 0 Å². The molecule has 1 aromatic carbocycles. The smallest absolute Gasteiger partial charge is 0.333 e. The number of hydrogen-bond donors (Lipinski definition) is 0. The predicted molar refractivity (Wildman–Crippen MR) is 78.4 cm³/mol. The Labute approximate surface area is 116 Å². The van der Waals surface area contributed by atoms with Crippen molar-refractivity contribution in [3.05, 3.63) is 42.0 Å². The van der Waals surface area contributed by atoms with Crippen molar-refractivity contribution in [2.24, 2.45) is 0 Å². The summed E-state index contributed by atoms with van der Waals surface area (Å²) >= 11 is 0. The van der Waals surface area contributed by atoms with Gasteiger partial charge < -0.3 is 9.47 Å².